The van der Waals surface area contributed by atoms with Crippen LogP contribution in [0.3, 0.4) is 0 Å². The van der Waals surface area contributed by atoms with Gasteiger partial charge in [-0.2, -0.15) is 0 Å². The molecule has 0 atom stereocenters. The summed E-state index contributed by atoms with van der Waals surface area (Å²) in [6, 6.07) is 41.1. The first kappa shape index (κ1) is 30.3. The number of benzene rings is 5. The normalized spacial score (nSPS) is 11.2. The Balaban J connectivity index is 0.000000221. The lowest BCUT2D eigenvalue weighted by molar-refractivity contribution is 0.350. The summed E-state index contributed by atoms with van der Waals surface area (Å²) in [5.74, 6) is -12.8. The highest BCUT2D eigenvalue weighted by atomic mass is 32.2. The molecule has 5 rings (SSSR count). The fraction of sp³-hybridized carbons (Fsp3) is 0. The first-order chi connectivity index (χ1) is 19.6. The van der Waals surface area contributed by atoms with Crippen LogP contribution in [-0.4, -0.2) is 13.0 Å². The number of rotatable bonds is 6. The molecule has 0 unspecified atom stereocenters. The largest absolute Gasteiger partial charge is 0.744 e. The van der Waals surface area contributed by atoms with Crippen molar-refractivity contribution in [1.82, 2.24) is 0 Å². The lowest BCUT2D eigenvalue weighted by Crippen LogP contribution is -2.12. The standard InChI is InChI=1S/C24H19S2.C6HF5O3S/c1-4-10-20(11-5-1)25-21-16-18-24(19-17-21)26(22-12-6-2-7-13-22)23-14-8-3-9-15-23;7-1-2(8)4(10)6(15(12,13)14)5(11)3(1)9/h1-19H;(H,12,13,14)/q+1;/p-1. The first-order valence-electron chi connectivity index (χ1n) is 11.7. The molecule has 5 aromatic rings. The Morgan fingerprint density at radius 3 is 1.24 bits per heavy atom. The summed E-state index contributed by atoms with van der Waals surface area (Å²) in [5.41, 5.74) is 0. The van der Waals surface area contributed by atoms with Crippen LogP contribution in [0.4, 0.5) is 22.0 Å². The second-order valence-corrected chi connectivity index (χ2v) is 12.7. The van der Waals surface area contributed by atoms with Crippen molar-refractivity contribution in [3.05, 3.63) is 144 Å². The Kier molecular flexibility index (Phi) is 9.87. The summed E-state index contributed by atoms with van der Waals surface area (Å²) in [4.78, 5) is 4.21. The van der Waals surface area contributed by atoms with E-state index in [4.69, 9.17) is 0 Å². The molecule has 0 fully saturated rings. The van der Waals surface area contributed by atoms with Crippen LogP contribution in [-0.2, 0) is 21.0 Å². The summed E-state index contributed by atoms with van der Waals surface area (Å²) >= 11 is 1.80. The molecule has 0 amide bonds. The van der Waals surface area contributed by atoms with Gasteiger partial charge in [-0.05, 0) is 60.7 Å². The second-order valence-electron chi connectivity index (χ2n) is 8.17. The van der Waals surface area contributed by atoms with Gasteiger partial charge in [0.1, 0.15) is 15.0 Å². The molecule has 0 saturated heterocycles. The van der Waals surface area contributed by atoms with Crippen LogP contribution in [0, 0.1) is 29.1 Å². The van der Waals surface area contributed by atoms with E-state index in [9.17, 15) is 34.9 Å². The topological polar surface area (TPSA) is 57.2 Å². The van der Waals surface area contributed by atoms with Crippen molar-refractivity contribution >= 4 is 32.8 Å². The van der Waals surface area contributed by atoms with Gasteiger partial charge in [0.2, 0.25) is 5.82 Å². The zero-order valence-corrected chi connectivity index (χ0v) is 23.3. The van der Waals surface area contributed by atoms with Crippen LogP contribution >= 0.6 is 11.8 Å². The summed E-state index contributed by atoms with van der Waals surface area (Å²) in [6.07, 6.45) is 0. The number of hydrogen-bond donors (Lipinski definition) is 0. The molecule has 0 spiro atoms. The quantitative estimate of drug-likeness (QED) is 0.0633. The summed E-state index contributed by atoms with van der Waals surface area (Å²) < 4.78 is 92.9. The lowest BCUT2D eigenvalue weighted by Gasteiger charge is -2.10. The Labute approximate surface area is 240 Å². The van der Waals surface area contributed by atoms with Crippen LogP contribution < -0.4 is 0 Å². The molecule has 210 valence electrons. The van der Waals surface area contributed by atoms with Gasteiger partial charge in [0.25, 0.3) is 0 Å². The number of halogens is 5. The molecule has 41 heavy (non-hydrogen) atoms. The predicted molar refractivity (Wildman–Crippen MR) is 146 cm³/mol. The SMILES string of the molecule is O=S(=O)([O-])c1c(F)c(F)c(F)c(F)c1F.c1ccc(Sc2ccc([S+](c3ccccc3)c3ccccc3)cc2)cc1. The molecule has 0 aromatic heterocycles. The maximum atomic E-state index is 12.6. The van der Waals surface area contributed by atoms with Gasteiger partial charge >= 0.3 is 0 Å². The maximum Gasteiger partial charge on any atom is 0.200 e. The van der Waals surface area contributed by atoms with E-state index < -0.39 is 44.1 Å². The summed E-state index contributed by atoms with van der Waals surface area (Å²) in [5, 5.41) is 0. The molecule has 0 radical (unpaired) electrons. The van der Waals surface area contributed by atoms with Crippen LogP contribution in [0.2, 0.25) is 0 Å². The average molecular weight is 619 g/mol. The monoisotopic (exact) mass is 618 g/mol. The number of hydrogen-bond acceptors (Lipinski definition) is 4. The van der Waals surface area contributed by atoms with Crippen molar-refractivity contribution in [2.24, 2.45) is 0 Å². The Bertz CT molecular complexity index is 1650. The van der Waals surface area contributed by atoms with E-state index in [1.165, 1.54) is 24.5 Å². The van der Waals surface area contributed by atoms with Gasteiger partial charge in [-0.25, -0.2) is 30.4 Å². The van der Waals surface area contributed by atoms with Crippen molar-refractivity contribution in [3.63, 3.8) is 0 Å². The third kappa shape index (κ3) is 7.36. The lowest BCUT2D eigenvalue weighted by atomic mass is 10.3. The molecule has 0 heterocycles. The van der Waals surface area contributed by atoms with Gasteiger partial charge in [-0.1, -0.05) is 66.4 Å². The molecule has 3 nitrogen and oxygen atoms in total. The molecule has 0 bridgehead atoms. The highest BCUT2D eigenvalue weighted by Crippen LogP contribution is 2.34. The minimum Gasteiger partial charge on any atom is -0.744 e. The van der Waals surface area contributed by atoms with E-state index in [1.54, 1.807) is 11.8 Å². The van der Waals surface area contributed by atoms with Crippen LogP contribution in [0.1, 0.15) is 0 Å². The van der Waals surface area contributed by atoms with Crippen LogP contribution in [0.15, 0.2) is 145 Å². The van der Waals surface area contributed by atoms with E-state index in [2.05, 4.69) is 115 Å². The minimum atomic E-state index is -5.77. The molecule has 0 aliphatic rings. The zero-order chi connectivity index (χ0) is 29.6. The smallest absolute Gasteiger partial charge is 0.200 e. The van der Waals surface area contributed by atoms with Gasteiger partial charge in [0.05, 0.1) is 10.9 Å². The van der Waals surface area contributed by atoms with Crippen LogP contribution in [0.25, 0.3) is 0 Å². The molecule has 0 saturated carbocycles. The minimum absolute atomic E-state index is 0.0786. The van der Waals surface area contributed by atoms with Gasteiger partial charge in [-0.15, -0.1) is 0 Å². The molecule has 11 heteroatoms. The fourth-order valence-corrected chi connectivity index (χ4v) is 7.13. The summed E-state index contributed by atoms with van der Waals surface area (Å²) in [7, 11) is -5.85. The van der Waals surface area contributed by atoms with E-state index in [-0.39, 0.29) is 10.9 Å². The van der Waals surface area contributed by atoms with Gasteiger partial charge in [0, 0.05) is 9.79 Å². The van der Waals surface area contributed by atoms with E-state index in [1.807, 2.05) is 0 Å². The van der Waals surface area contributed by atoms with Gasteiger partial charge in [0.15, 0.2) is 38.0 Å². The Hall–Kier alpha value is -3.64. The second kappa shape index (κ2) is 13.3. The molecule has 0 N–H and O–H groups in total. The first-order valence-corrected chi connectivity index (χ1v) is 15.2. The Morgan fingerprint density at radius 2 is 0.829 bits per heavy atom. The van der Waals surface area contributed by atoms with Gasteiger partial charge in [-0.3, -0.25) is 0 Å². The Morgan fingerprint density at radius 1 is 0.488 bits per heavy atom. The predicted octanol–water partition coefficient (Wildman–Crippen LogP) is 8.22. The zero-order valence-electron chi connectivity index (χ0n) is 20.8. The molecule has 5 aromatic carbocycles. The van der Waals surface area contributed by atoms with Crippen molar-refractivity contribution < 1.29 is 34.9 Å². The summed E-state index contributed by atoms with van der Waals surface area (Å²) in [6.45, 7) is 0. The van der Waals surface area contributed by atoms with E-state index in [0.29, 0.717) is 0 Å². The van der Waals surface area contributed by atoms with Crippen molar-refractivity contribution in [3.8, 4) is 0 Å². The average Bonchev–Trinajstić information content (AvgIpc) is 2.97. The van der Waals surface area contributed by atoms with Crippen LogP contribution in [0.5, 0.6) is 0 Å². The third-order valence-corrected chi connectivity index (χ3v) is 9.52. The maximum absolute atomic E-state index is 12.6. The molecular formula is C30H19F5O3S3. The van der Waals surface area contributed by atoms with Crippen molar-refractivity contribution in [2.75, 3.05) is 0 Å². The van der Waals surface area contributed by atoms with Crippen molar-refractivity contribution in [1.29, 1.82) is 0 Å². The van der Waals surface area contributed by atoms with Gasteiger partial charge < -0.3 is 4.55 Å². The molecular weight excluding hydrogens is 600 g/mol. The third-order valence-electron chi connectivity index (χ3n) is 5.42. The van der Waals surface area contributed by atoms with Crippen molar-refractivity contribution in [2.45, 2.75) is 29.4 Å². The highest BCUT2D eigenvalue weighted by molar-refractivity contribution is 7.99. The fourth-order valence-electron chi connectivity index (χ4n) is 3.59. The highest BCUT2D eigenvalue weighted by Gasteiger charge is 2.29. The van der Waals surface area contributed by atoms with E-state index in [0.717, 1.165) is 0 Å². The molecule has 0 aliphatic carbocycles. The van der Waals surface area contributed by atoms with E-state index >= 15 is 0 Å². The molecule has 0 aliphatic heterocycles.